The molecule has 0 fully saturated rings. The molecule has 0 aliphatic heterocycles. The average molecular weight is 363 g/mol. The van der Waals surface area contributed by atoms with Crippen molar-refractivity contribution in [3.05, 3.63) is 22.2 Å². The average Bonchev–Trinajstić information content (AvgIpc) is 2.31. The molecule has 0 aromatic heterocycles. The molecule has 6 heteroatoms. The predicted octanol–water partition coefficient (Wildman–Crippen LogP) is 3.30. The zero-order valence-electron chi connectivity index (χ0n) is 12.6. The number of nitrogens with two attached hydrogens (primary N) is 1. The van der Waals surface area contributed by atoms with Crippen molar-refractivity contribution >= 4 is 31.6 Å². The lowest BCUT2D eigenvalue weighted by Gasteiger charge is -2.29. The minimum atomic E-state index is -3.55. The van der Waals surface area contributed by atoms with E-state index in [1.54, 1.807) is 13.0 Å². The van der Waals surface area contributed by atoms with Crippen molar-refractivity contribution in [3.63, 3.8) is 0 Å². The first kappa shape index (κ1) is 17.5. The van der Waals surface area contributed by atoms with Gasteiger partial charge in [-0.3, -0.25) is 0 Å². The van der Waals surface area contributed by atoms with Crippen LogP contribution in [0.15, 0.2) is 21.5 Å². The van der Waals surface area contributed by atoms with Crippen LogP contribution in [0.25, 0.3) is 0 Å². The lowest BCUT2D eigenvalue weighted by molar-refractivity contribution is 0.252. The first-order chi connectivity index (χ1) is 8.97. The lowest BCUT2D eigenvalue weighted by Crippen LogP contribution is -2.37. The van der Waals surface area contributed by atoms with Gasteiger partial charge in [0, 0.05) is 16.7 Å². The van der Waals surface area contributed by atoms with Gasteiger partial charge in [-0.1, -0.05) is 27.7 Å². The smallest absolute Gasteiger partial charge is 0.240 e. The second-order valence-corrected chi connectivity index (χ2v) is 8.70. The number of nitrogen functional groups attached to an aromatic ring is 1. The first-order valence-electron chi connectivity index (χ1n) is 6.52. The maximum Gasteiger partial charge on any atom is 0.240 e. The summed E-state index contributed by atoms with van der Waals surface area (Å²) in [6, 6.07) is 3.21. The summed E-state index contributed by atoms with van der Waals surface area (Å²) >= 11 is 3.30. The van der Waals surface area contributed by atoms with Crippen LogP contribution in [0.2, 0.25) is 0 Å². The van der Waals surface area contributed by atoms with Gasteiger partial charge in [0.1, 0.15) is 0 Å². The molecular formula is C14H23BrN2O2S. The third kappa shape index (κ3) is 3.96. The van der Waals surface area contributed by atoms with Crippen LogP contribution in [0.5, 0.6) is 0 Å². The number of aryl methyl sites for hydroxylation is 1. The molecule has 0 heterocycles. The molecule has 0 aliphatic carbocycles. The summed E-state index contributed by atoms with van der Waals surface area (Å²) in [6.45, 7) is 10.4. The number of anilines is 1. The molecule has 1 aromatic carbocycles. The SMILES string of the molecule is Cc1cc(Br)c(N)cc1S(=O)(=O)NCC(C)(C)C(C)C. The zero-order valence-corrected chi connectivity index (χ0v) is 15.0. The molecule has 4 nitrogen and oxygen atoms in total. The van der Waals surface area contributed by atoms with E-state index in [9.17, 15) is 8.42 Å². The number of hydrogen-bond acceptors (Lipinski definition) is 3. The minimum absolute atomic E-state index is 0.109. The summed E-state index contributed by atoms with van der Waals surface area (Å²) in [5.41, 5.74) is 6.75. The third-order valence-corrected chi connectivity index (χ3v) is 6.09. The highest BCUT2D eigenvalue weighted by molar-refractivity contribution is 9.10. The van der Waals surface area contributed by atoms with E-state index in [0.29, 0.717) is 28.2 Å². The van der Waals surface area contributed by atoms with E-state index in [0.717, 1.165) is 0 Å². The van der Waals surface area contributed by atoms with Gasteiger partial charge in [-0.25, -0.2) is 13.1 Å². The van der Waals surface area contributed by atoms with Gasteiger partial charge in [-0.2, -0.15) is 0 Å². The van der Waals surface area contributed by atoms with Crippen molar-refractivity contribution in [2.24, 2.45) is 11.3 Å². The van der Waals surface area contributed by atoms with Crippen molar-refractivity contribution < 1.29 is 8.42 Å². The molecule has 114 valence electrons. The molecule has 0 aliphatic rings. The highest BCUT2D eigenvalue weighted by Gasteiger charge is 2.26. The Morgan fingerprint density at radius 3 is 2.40 bits per heavy atom. The Kier molecular flexibility index (Phi) is 5.27. The van der Waals surface area contributed by atoms with E-state index in [4.69, 9.17) is 5.73 Å². The van der Waals surface area contributed by atoms with E-state index in [1.807, 2.05) is 13.8 Å². The van der Waals surface area contributed by atoms with Gasteiger partial charge < -0.3 is 5.73 Å². The van der Waals surface area contributed by atoms with Crippen LogP contribution in [-0.4, -0.2) is 15.0 Å². The summed E-state index contributed by atoms with van der Waals surface area (Å²) in [5, 5.41) is 0. The number of rotatable bonds is 5. The van der Waals surface area contributed by atoms with Crippen LogP contribution < -0.4 is 10.5 Å². The molecule has 0 saturated carbocycles. The van der Waals surface area contributed by atoms with Gasteiger partial charge in [0.2, 0.25) is 10.0 Å². The molecule has 20 heavy (non-hydrogen) atoms. The monoisotopic (exact) mass is 362 g/mol. The van der Waals surface area contributed by atoms with Crippen molar-refractivity contribution in [2.45, 2.75) is 39.5 Å². The standard InChI is InChI=1S/C14H23BrN2O2S/c1-9(2)14(4,5)8-17-20(18,19)13-7-12(16)11(15)6-10(13)3/h6-7,9,17H,8,16H2,1-5H3. The van der Waals surface area contributed by atoms with E-state index < -0.39 is 10.0 Å². The van der Waals surface area contributed by atoms with Gasteiger partial charge in [0.25, 0.3) is 0 Å². The summed E-state index contributed by atoms with van der Waals surface area (Å²) in [5.74, 6) is 0.376. The summed E-state index contributed by atoms with van der Waals surface area (Å²) in [7, 11) is -3.55. The number of sulfonamides is 1. The second kappa shape index (κ2) is 6.03. The van der Waals surface area contributed by atoms with E-state index >= 15 is 0 Å². The normalized spacial score (nSPS) is 12.9. The molecule has 1 rings (SSSR count). The molecule has 1 aromatic rings. The van der Waals surface area contributed by atoms with E-state index in [-0.39, 0.29) is 10.3 Å². The van der Waals surface area contributed by atoms with Gasteiger partial charge in [0.15, 0.2) is 0 Å². The molecule has 0 bridgehead atoms. The van der Waals surface area contributed by atoms with E-state index in [1.165, 1.54) is 6.07 Å². The van der Waals surface area contributed by atoms with Crippen LogP contribution >= 0.6 is 15.9 Å². The van der Waals surface area contributed by atoms with Gasteiger partial charge in [0.05, 0.1) is 4.90 Å². The lowest BCUT2D eigenvalue weighted by atomic mass is 9.81. The Bertz CT molecular complexity index is 595. The fraction of sp³-hybridized carbons (Fsp3) is 0.571. The number of nitrogens with one attached hydrogen (secondary N) is 1. The van der Waals surface area contributed by atoms with Crippen LogP contribution in [-0.2, 0) is 10.0 Å². The van der Waals surface area contributed by atoms with Crippen molar-refractivity contribution in [1.82, 2.24) is 4.72 Å². The predicted molar refractivity (Wildman–Crippen MR) is 87.1 cm³/mol. The third-order valence-electron chi connectivity index (χ3n) is 3.86. The van der Waals surface area contributed by atoms with Gasteiger partial charge >= 0.3 is 0 Å². The molecule has 0 spiro atoms. The van der Waals surface area contributed by atoms with Crippen LogP contribution in [0.3, 0.4) is 0 Å². The zero-order chi connectivity index (χ0) is 15.7. The number of benzene rings is 1. The first-order valence-corrected chi connectivity index (χ1v) is 8.80. The molecule has 0 saturated heterocycles. The molecule has 3 N–H and O–H groups in total. The summed E-state index contributed by atoms with van der Waals surface area (Å²) in [4.78, 5) is 0.234. The molecule has 0 amide bonds. The van der Waals surface area contributed by atoms with Gasteiger partial charge in [-0.15, -0.1) is 0 Å². The maximum atomic E-state index is 12.4. The number of hydrogen-bond donors (Lipinski definition) is 2. The highest BCUT2D eigenvalue weighted by atomic mass is 79.9. The second-order valence-electron chi connectivity index (χ2n) is 6.11. The van der Waals surface area contributed by atoms with E-state index in [2.05, 4.69) is 34.5 Å². The molecule has 0 radical (unpaired) electrons. The molecule has 0 unspecified atom stereocenters. The fourth-order valence-corrected chi connectivity index (χ4v) is 3.46. The minimum Gasteiger partial charge on any atom is -0.398 e. The Morgan fingerprint density at radius 2 is 1.90 bits per heavy atom. The number of halogens is 1. The molecule has 0 atom stereocenters. The van der Waals surface area contributed by atoms with Crippen LogP contribution in [0.1, 0.15) is 33.3 Å². The van der Waals surface area contributed by atoms with Crippen LogP contribution in [0, 0.1) is 18.3 Å². The topological polar surface area (TPSA) is 72.2 Å². The Balaban J connectivity index is 3.04. The van der Waals surface area contributed by atoms with Gasteiger partial charge in [-0.05, 0) is 51.9 Å². The summed E-state index contributed by atoms with van der Waals surface area (Å²) < 4.78 is 28.2. The Morgan fingerprint density at radius 1 is 1.35 bits per heavy atom. The Hall–Kier alpha value is -0.590. The largest absolute Gasteiger partial charge is 0.398 e. The Labute approximate surface area is 130 Å². The maximum absolute atomic E-state index is 12.4. The summed E-state index contributed by atoms with van der Waals surface area (Å²) in [6.07, 6.45) is 0. The van der Waals surface area contributed by atoms with Crippen molar-refractivity contribution in [2.75, 3.05) is 12.3 Å². The molecular weight excluding hydrogens is 340 g/mol. The fourth-order valence-electron chi connectivity index (χ4n) is 1.52. The van der Waals surface area contributed by atoms with Crippen LogP contribution in [0.4, 0.5) is 5.69 Å². The van der Waals surface area contributed by atoms with Crippen molar-refractivity contribution in [1.29, 1.82) is 0 Å². The highest BCUT2D eigenvalue weighted by Crippen LogP contribution is 2.28. The quantitative estimate of drug-likeness (QED) is 0.789. The van der Waals surface area contributed by atoms with Crippen molar-refractivity contribution in [3.8, 4) is 0 Å².